The van der Waals surface area contributed by atoms with Gasteiger partial charge in [0.05, 0.1) is 11.4 Å². The molecule has 0 saturated carbocycles. The summed E-state index contributed by atoms with van der Waals surface area (Å²) >= 11 is 0. The van der Waals surface area contributed by atoms with Gasteiger partial charge in [-0.25, -0.2) is 9.97 Å². The molecule has 11 aromatic rings. The predicted molar refractivity (Wildman–Crippen MR) is 276 cm³/mol. The Labute approximate surface area is 386 Å². The number of nitrogens with zero attached hydrogens (tertiary/aromatic N) is 2. The second-order valence-electron chi connectivity index (χ2n) is 16.5. The normalized spacial score (nSPS) is 11.0. The smallest absolute Gasteiger partial charge is 0.160 e. The summed E-state index contributed by atoms with van der Waals surface area (Å²) in [5.74, 6) is 0.708. The van der Waals surface area contributed by atoms with Crippen molar-refractivity contribution >= 4 is 0 Å². The molecule has 0 amide bonds. The van der Waals surface area contributed by atoms with Crippen LogP contribution in [0.5, 0.6) is 0 Å². The molecule has 0 unspecified atom stereocenters. The van der Waals surface area contributed by atoms with E-state index in [0.29, 0.717) is 5.82 Å². The third kappa shape index (κ3) is 8.16. The lowest BCUT2D eigenvalue weighted by Crippen LogP contribution is -1.98. The summed E-state index contributed by atoms with van der Waals surface area (Å²) in [6, 6.07) is 95.2. The molecule has 0 aliphatic rings. The van der Waals surface area contributed by atoms with Gasteiger partial charge in [0.25, 0.3) is 0 Å². The maximum atomic E-state index is 5.10. The van der Waals surface area contributed by atoms with Crippen molar-refractivity contribution in [2.45, 2.75) is 0 Å². The third-order valence-electron chi connectivity index (χ3n) is 12.3. The lowest BCUT2D eigenvalue weighted by atomic mass is 9.78. The number of aromatic nitrogens is 2. The van der Waals surface area contributed by atoms with Crippen molar-refractivity contribution in [1.29, 1.82) is 0 Å². The van der Waals surface area contributed by atoms with Crippen LogP contribution in [0.3, 0.4) is 0 Å². The lowest BCUT2D eigenvalue weighted by molar-refractivity contribution is 1.18. The van der Waals surface area contributed by atoms with Crippen LogP contribution in [0, 0.1) is 0 Å². The minimum absolute atomic E-state index is 0.708. The average Bonchev–Trinajstić information content (AvgIpc) is 3.41. The summed E-state index contributed by atoms with van der Waals surface area (Å²) in [6.45, 7) is 0. The topological polar surface area (TPSA) is 25.8 Å². The SMILES string of the molecule is c1ccc(-c2cc(-c3cccc(-c4ccc(-c5cccc(-c6cc(-c7ccccc7)c(-c7ccccc7)c(-c7ccccc7)c6-c6ccccc6)c5)cc4)c3)nc(-c3ccccc3)n2)cc1. The van der Waals surface area contributed by atoms with E-state index in [1.54, 1.807) is 0 Å². The largest absolute Gasteiger partial charge is 0.228 e. The minimum atomic E-state index is 0.708. The molecule has 0 N–H and O–H groups in total. The van der Waals surface area contributed by atoms with E-state index >= 15 is 0 Å². The van der Waals surface area contributed by atoms with Crippen molar-refractivity contribution in [1.82, 2.24) is 9.97 Å². The highest BCUT2D eigenvalue weighted by Gasteiger charge is 2.24. The van der Waals surface area contributed by atoms with E-state index in [4.69, 9.17) is 9.97 Å². The Morgan fingerprint density at radius 1 is 0.182 bits per heavy atom. The first kappa shape index (κ1) is 40.1. The van der Waals surface area contributed by atoms with Crippen molar-refractivity contribution in [3.63, 3.8) is 0 Å². The van der Waals surface area contributed by atoms with Gasteiger partial charge in [-0.1, -0.05) is 243 Å². The quantitative estimate of drug-likeness (QED) is 0.137. The summed E-state index contributed by atoms with van der Waals surface area (Å²) in [6.07, 6.45) is 0. The van der Waals surface area contributed by atoms with Crippen LogP contribution in [0.25, 0.3) is 112 Å². The van der Waals surface area contributed by atoms with E-state index in [0.717, 1.165) is 55.9 Å². The maximum Gasteiger partial charge on any atom is 0.160 e. The van der Waals surface area contributed by atoms with Crippen LogP contribution < -0.4 is 0 Å². The molecule has 0 atom stereocenters. The van der Waals surface area contributed by atoms with E-state index in [1.165, 1.54) is 50.1 Å². The summed E-state index contributed by atoms with van der Waals surface area (Å²) in [5, 5.41) is 0. The van der Waals surface area contributed by atoms with E-state index in [1.807, 2.05) is 24.3 Å². The van der Waals surface area contributed by atoms with Gasteiger partial charge in [-0.3, -0.25) is 0 Å². The Morgan fingerprint density at radius 3 is 1.00 bits per heavy atom. The maximum absolute atomic E-state index is 5.10. The molecule has 2 heteroatoms. The van der Waals surface area contributed by atoms with E-state index < -0.39 is 0 Å². The van der Waals surface area contributed by atoms with Gasteiger partial charge in [-0.15, -0.1) is 0 Å². The Morgan fingerprint density at radius 2 is 0.515 bits per heavy atom. The van der Waals surface area contributed by atoms with Gasteiger partial charge in [-0.05, 0) is 102 Å². The first-order valence-electron chi connectivity index (χ1n) is 22.5. The Bertz CT molecular complexity index is 3350. The molecule has 0 aliphatic carbocycles. The van der Waals surface area contributed by atoms with Crippen molar-refractivity contribution in [2.24, 2.45) is 0 Å². The van der Waals surface area contributed by atoms with Crippen LogP contribution in [0.15, 0.2) is 267 Å². The molecular formula is C64H44N2. The zero-order valence-electron chi connectivity index (χ0n) is 36.3. The molecule has 1 aromatic heterocycles. The first-order chi connectivity index (χ1) is 32.7. The highest BCUT2D eigenvalue weighted by Crippen LogP contribution is 2.50. The highest BCUT2D eigenvalue weighted by molar-refractivity contribution is 6.07. The fourth-order valence-electron chi connectivity index (χ4n) is 9.11. The van der Waals surface area contributed by atoms with Gasteiger partial charge in [0.2, 0.25) is 0 Å². The van der Waals surface area contributed by atoms with Crippen molar-refractivity contribution < 1.29 is 0 Å². The number of hydrogen-bond donors (Lipinski definition) is 0. The van der Waals surface area contributed by atoms with Crippen LogP contribution in [-0.4, -0.2) is 9.97 Å². The molecule has 66 heavy (non-hydrogen) atoms. The monoisotopic (exact) mass is 840 g/mol. The highest BCUT2D eigenvalue weighted by atomic mass is 14.9. The summed E-state index contributed by atoms with van der Waals surface area (Å²) in [5.41, 5.74) is 21.4. The molecule has 2 nitrogen and oxygen atoms in total. The molecule has 10 aromatic carbocycles. The fraction of sp³-hybridized carbons (Fsp3) is 0. The summed E-state index contributed by atoms with van der Waals surface area (Å²) in [4.78, 5) is 10.1. The third-order valence-corrected chi connectivity index (χ3v) is 12.3. The van der Waals surface area contributed by atoms with Crippen LogP contribution in [0.1, 0.15) is 0 Å². The van der Waals surface area contributed by atoms with Crippen LogP contribution in [0.2, 0.25) is 0 Å². The lowest BCUT2D eigenvalue weighted by Gasteiger charge is -2.24. The molecule has 310 valence electrons. The molecule has 0 bridgehead atoms. The minimum Gasteiger partial charge on any atom is -0.228 e. The van der Waals surface area contributed by atoms with Gasteiger partial charge in [-0.2, -0.15) is 0 Å². The van der Waals surface area contributed by atoms with Crippen molar-refractivity contribution in [3.05, 3.63) is 267 Å². The Balaban J connectivity index is 1.01. The predicted octanol–water partition coefficient (Wildman–Crippen LogP) is 17.1. The Kier molecular flexibility index (Phi) is 11.0. The number of rotatable bonds is 10. The van der Waals surface area contributed by atoms with Gasteiger partial charge in [0, 0.05) is 16.7 Å². The average molecular weight is 841 g/mol. The van der Waals surface area contributed by atoms with Crippen molar-refractivity contribution in [2.75, 3.05) is 0 Å². The molecule has 11 rings (SSSR count). The van der Waals surface area contributed by atoms with Crippen LogP contribution in [0.4, 0.5) is 0 Å². The molecule has 0 aliphatic heterocycles. The van der Waals surface area contributed by atoms with Crippen LogP contribution >= 0.6 is 0 Å². The number of benzene rings is 10. The fourth-order valence-corrected chi connectivity index (χ4v) is 9.11. The second kappa shape index (κ2) is 18.2. The second-order valence-corrected chi connectivity index (χ2v) is 16.5. The molecular weight excluding hydrogens is 797 g/mol. The van der Waals surface area contributed by atoms with Gasteiger partial charge >= 0.3 is 0 Å². The van der Waals surface area contributed by atoms with Gasteiger partial charge < -0.3 is 0 Å². The van der Waals surface area contributed by atoms with E-state index in [-0.39, 0.29) is 0 Å². The molecule has 0 spiro atoms. The molecule has 0 fully saturated rings. The zero-order valence-corrected chi connectivity index (χ0v) is 36.3. The van der Waals surface area contributed by atoms with E-state index in [9.17, 15) is 0 Å². The molecule has 0 saturated heterocycles. The summed E-state index contributed by atoms with van der Waals surface area (Å²) < 4.78 is 0. The zero-order chi connectivity index (χ0) is 44.1. The molecule has 0 radical (unpaired) electrons. The Hall–Kier alpha value is -8.72. The van der Waals surface area contributed by atoms with Crippen LogP contribution in [-0.2, 0) is 0 Å². The van der Waals surface area contributed by atoms with Crippen molar-refractivity contribution in [3.8, 4) is 112 Å². The first-order valence-corrected chi connectivity index (χ1v) is 22.5. The van der Waals surface area contributed by atoms with Gasteiger partial charge in [0.1, 0.15) is 0 Å². The molecule has 1 heterocycles. The standard InChI is InChI=1S/C64H44N2/c1-7-21-47(22-8-1)57-43-58(62(50-27-13-4-14-28-50)63(51-29-15-5-16-30-51)61(57)49-25-11-3-12-26-49)55-35-19-33-53(41-55)45-37-39-46(40-38-45)54-34-20-36-56(42-54)60-44-59(48-23-9-2-10-24-48)65-64(66-60)52-31-17-6-18-32-52/h1-44H. The van der Waals surface area contributed by atoms with E-state index in [2.05, 4.69) is 243 Å². The number of hydrogen-bond acceptors (Lipinski definition) is 2. The van der Waals surface area contributed by atoms with Gasteiger partial charge in [0.15, 0.2) is 5.82 Å². The summed E-state index contributed by atoms with van der Waals surface area (Å²) in [7, 11) is 0.